The van der Waals surface area contributed by atoms with E-state index in [2.05, 4.69) is 32.8 Å². The van der Waals surface area contributed by atoms with Crippen molar-refractivity contribution in [2.24, 2.45) is 0 Å². The van der Waals surface area contributed by atoms with Crippen LogP contribution in [0.1, 0.15) is 47.5 Å². The number of amides is 2. The van der Waals surface area contributed by atoms with Gasteiger partial charge in [0.2, 0.25) is 0 Å². The maximum absolute atomic E-state index is 12.5. The highest BCUT2D eigenvalue weighted by molar-refractivity contribution is 6.40. The number of nitrogens with zero attached hydrogens (tertiary/aromatic N) is 2. The third-order valence-electron chi connectivity index (χ3n) is 4.36. The zero-order valence-corrected chi connectivity index (χ0v) is 17.7. The van der Waals surface area contributed by atoms with Crippen molar-refractivity contribution in [3.05, 3.63) is 45.7 Å². The van der Waals surface area contributed by atoms with Crippen LogP contribution in [0.5, 0.6) is 0 Å². The number of hydrogen-bond donors (Lipinski definition) is 3. The summed E-state index contributed by atoms with van der Waals surface area (Å²) in [5, 5.41) is 12.6. The van der Waals surface area contributed by atoms with Crippen LogP contribution in [0.3, 0.4) is 0 Å². The van der Waals surface area contributed by atoms with Crippen molar-refractivity contribution in [1.82, 2.24) is 20.4 Å². The molecule has 7 nitrogen and oxygen atoms in total. The number of rotatable bonds is 4. The zero-order chi connectivity index (χ0) is 20.7. The molecule has 1 aliphatic heterocycles. The van der Waals surface area contributed by atoms with Gasteiger partial charge < -0.3 is 15.5 Å². The molecule has 0 radical (unpaired) electrons. The van der Waals surface area contributed by atoms with Gasteiger partial charge in [-0.3, -0.25) is 14.7 Å². The minimum atomic E-state index is -0.504. The Morgan fingerprint density at radius 1 is 1.14 bits per heavy atom. The number of piperidine rings is 1. The number of hydrogen-bond acceptors (Lipinski definition) is 4. The second-order valence-electron chi connectivity index (χ2n) is 6.26. The summed E-state index contributed by atoms with van der Waals surface area (Å²) in [6.45, 7) is 5.87. The molecular weight excluding hydrogens is 401 g/mol. The number of aromatic amines is 1. The van der Waals surface area contributed by atoms with Crippen LogP contribution in [-0.4, -0.2) is 53.1 Å². The second-order valence-corrected chi connectivity index (χ2v) is 7.07. The first kappa shape index (κ1) is 22.2. The van der Waals surface area contributed by atoms with Gasteiger partial charge in [0.15, 0.2) is 0 Å². The number of nitrogens with one attached hydrogen (secondary N) is 3. The summed E-state index contributed by atoms with van der Waals surface area (Å²) in [7, 11) is 2.06. The molecule has 28 heavy (non-hydrogen) atoms. The third-order valence-corrected chi connectivity index (χ3v) is 4.99. The van der Waals surface area contributed by atoms with Crippen molar-refractivity contribution < 1.29 is 9.59 Å². The van der Waals surface area contributed by atoms with Gasteiger partial charge in [0.25, 0.3) is 11.8 Å². The van der Waals surface area contributed by atoms with E-state index in [-0.39, 0.29) is 38.9 Å². The average molecular weight is 426 g/mol. The molecule has 2 amide bonds. The van der Waals surface area contributed by atoms with Crippen LogP contribution in [0, 0.1) is 0 Å². The molecular formula is C19H25Cl2N5O2. The number of aromatic nitrogens is 2. The SMILES string of the molecule is CC.CN1CCC(NC(=O)c2[nH]ncc2NC(=O)c2c(Cl)cccc2Cl)CC1. The lowest BCUT2D eigenvalue weighted by atomic mass is 10.1. The number of halogens is 2. The molecule has 1 fully saturated rings. The third kappa shape index (κ3) is 5.47. The van der Waals surface area contributed by atoms with Crippen molar-refractivity contribution in [3.63, 3.8) is 0 Å². The number of likely N-dealkylation sites (tertiary alicyclic amines) is 1. The standard InChI is InChI=1S/C17H19Cl2N5O2.C2H6/c1-24-7-5-10(6-8-24)21-17(26)15-13(9-20-23-15)22-16(25)14-11(18)3-2-4-12(14)19;1-2/h2-4,9-10H,5-8H2,1H3,(H,20,23)(H,21,26)(H,22,25);1-2H3. The van der Waals surface area contributed by atoms with E-state index >= 15 is 0 Å². The fourth-order valence-electron chi connectivity index (χ4n) is 2.86. The van der Waals surface area contributed by atoms with E-state index in [9.17, 15) is 9.59 Å². The first-order valence-corrected chi connectivity index (χ1v) is 9.99. The Balaban J connectivity index is 0.00000136. The van der Waals surface area contributed by atoms with Gasteiger partial charge in [-0.2, -0.15) is 5.10 Å². The minimum absolute atomic E-state index is 0.101. The summed E-state index contributed by atoms with van der Waals surface area (Å²) in [4.78, 5) is 27.2. The molecule has 1 aromatic carbocycles. The molecule has 1 aromatic heterocycles. The van der Waals surface area contributed by atoms with Crippen molar-refractivity contribution in [2.45, 2.75) is 32.7 Å². The van der Waals surface area contributed by atoms with Crippen LogP contribution in [0.4, 0.5) is 5.69 Å². The van der Waals surface area contributed by atoms with Crippen LogP contribution < -0.4 is 10.6 Å². The quantitative estimate of drug-likeness (QED) is 0.694. The van der Waals surface area contributed by atoms with Crippen molar-refractivity contribution in [1.29, 1.82) is 0 Å². The second kappa shape index (κ2) is 10.5. The number of carbonyl (C=O) groups is 2. The molecule has 0 spiro atoms. The Hall–Kier alpha value is -2.09. The predicted molar refractivity (Wildman–Crippen MR) is 112 cm³/mol. The van der Waals surface area contributed by atoms with Crippen LogP contribution in [-0.2, 0) is 0 Å². The van der Waals surface area contributed by atoms with Crippen molar-refractivity contribution in [2.75, 3.05) is 25.5 Å². The van der Waals surface area contributed by atoms with Crippen LogP contribution >= 0.6 is 23.2 Å². The molecule has 152 valence electrons. The highest BCUT2D eigenvalue weighted by Gasteiger charge is 2.23. The normalized spacial score (nSPS) is 14.8. The molecule has 0 atom stereocenters. The van der Waals surface area contributed by atoms with Crippen LogP contribution in [0.25, 0.3) is 0 Å². The maximum atomic E-state index is 12.5. The van der Waals surface area contributed by atoms with Crippen molar-refractivity contribution in [3.8, 4) is 0 Å². The van der Waals surface area contributed by atoms with Gasteiger partial charge in [0, 0.05) is 6.04 Å². The van der Waals surface area contributed by atoms with Gasteiger partial charge in [-0.15, -0.1) is 0 Å². The summed E-state index contributed by atoms with van der Waals surface area (Å²) < 4.78 is 0. The highest BCUT2D eigenvalue weighted by Crippen LogP contribution is 2.25. The fourth-order valence-corrected chi connectivity index (χ4v) is 3.43. The Bertz CT molecular complexity index is 796. The molecule has 3 N–H and O–H groups in total. The summed E-state index contributed by atoms with van der Waals surface area (Å²) in [5.41, 5.74) is 0.621. The molecule has 9 heteroatoms. The zero-order valence-electron chi connectivity index (χ0n) is 16.2. The maximum Gasteiger partial charge on any atom is 0.271 e. The van der Waals surface area contributed by atoms with E-state index in [0.29, 0.717) is 0 Å². The van der Waals surface area contributed by atoms with E-state index in [0.717, 1.165) is 25.9 Å². The Morgan fingerprint density at radius 3 is 2.36 bits per heavy atom. The summed E-state index contributed by atoms with van der Waals surface area (Å²) in [6, 6.07) is 4.90. The molecule has 0 unspecified atom stereocenters. The molecule has 3 rings (SSSR count). The Labute approximate surface area is 174 Å². The average Bonchev–Trinajstić information content (AvgIpc) is 3.13. The van der Waals surface area contributed by atoms with E-state index < -0.39 is 5.91 Å². The molecule has 0 saturated carbocycles. The first-order chi connectivity index (χ1) is 13.5. The summed E-state index contributed by atoms with van der Waals surface area (Å²) >= 11 is 12.1. The predicted octanol–water partition coefficient (Wildman–Crippen LogP) is 3.82. The lowest BCUT2D eigenvalue weighted by molar-refractivity contribution is 0.0912. The largest absolute Gasteiger partial charge is 0.348 e. The topological polar surface area (TPSA) is 90.1 Å². The molecule has 1 saturated heterocycles. The van der Waals surface area contributed by atoms with E-state index in [1.54, 1.807) is 18.2 Å². The lowest BCUT2D eigenvalue weighted by Crippen LogP contribution is -2.43. The smallest absolute Gasteiger partial charge is 0.271 e. The molecule has 1 aliphatic rings. The highest BCUT2D eigenvalue weighted by atomic mass is 35.5. The number of H-pyrrole nitrogens is 1. The molecule has 2 aromatic rings. The summed E-state index contributed by atoms with van der Waals surface area (Å²) in [5.74, 6) is -0.812. The first-order valence-electron chi connectivity index (χ1n) is 9.24. The number of benzene rings is 1. The number of anilines is 1. The van der Waals surface area contributed by atoms with Gasteiger partial charge >= 0.3 is 0 Å². The molecule has 0 aliphatic carbocycles. The van der Waals surface area contributed by atoms with Crippen LogP contribution in [0.2, 0.25) is 10.0 Å². The fraction of sp³-hybridized carbons (Fsp3) is 0.421. The lowest BCUT2D eigenvalue weighted by Gasteiger charge is -2.29. The van der Waals surface area contributed by atoms with E-state index in [1.165, 1.54) is 6.20 Å². The minimum Gasteiger partial charge on any atom is -0.348 e. The van der Waals surface area contributed by atoms with Gasteiger partial charge in [-0.25, -0.2) is 0 Å². The summed E-state index contributed by atoms with van der Waals surface area (Å²) in [6.07, 6.45) is 3.15. The Morgan fingerprint density at radius 2 is 1.75 bits per heavy atom. The molecule has 2 heterocycles. The van der Waals surface area contributed by atoms with E-state index in [4.69, 9.17) is 23.2 Å². The number of carbonyl (C=O) groups excluding carboxylic acids is 2. The van der Waals surface area contributed by atoms with Crippen LogP contribution in [0.15, 0.2) is 24.4 Å². The van der Waals surface area contributed by atoms with Gasteiger partial charge in [0.05, 0.1) is 27.5 Å². The van der Waals surface area contributed by atoms with Gasteiger partial charge in [0.1, 0.15) is 5.69 Å². The van der Waals surface area contributed by atoms with Gasteiger partial charge in [-0.1, -0.05) is 43.1 Å². The molecule has 0 bridgehead atoms. The Kier molecular flexibility index (Phi) is 8.29. The van der Waals surface area contributed by atoms with E-state index in [1.807, 2.05) is 13.8 Å². The monoisotopic (exact) mass is 425 g/mol. The van der Waals surface area contributed by atoms with Gasteiger partial charge in [-0.05, 0) is 45.1 Å². The van der Waals surface area contributed by atoms with Crippen molar-refractivity contribution >= 4 is 40.7 Å².